The maximum Gasteiger partial charge on any atom is 0.416 e. The number of amides is 3. The van der Waals surface area contributed by atoms with Crippen molar-refractivity contribution >= 4 is 18.1 Å². The van der Waals surface area contributed by atoms with Crippen LogP contribution in [0.4, 0.5) is 9.59 Å². The molecule has 0 aliphatic carbocycles. The van der Waals surface area contributed by atoms with E-state index >= 15 is 0 Å². The van der Waals surface area contributed by atoms with Crippen molar-refractivity contribution in [2.45, 2.75) is 117 Å². The van der Waals surface area contributed by atoms with Crippen molar-refractivity contribution in [3.8, 4) is 0 Å². The van der Waals surface area contributed by atoms with Crippen molar-refractivity contribution < 1.29 is 29.4 Å². The molecule has 0 bridgehead atoms. The average Bonchev–Trinajstić information content (AvgIpc) is 2.77. The van der Waals surface area contributed by atoms with E-state index in [2.05, 4.69) is 19.1 Å². The van der Waals surface area contributed by atoms with Gasteiger partial charge in [0.2, 0.25) is 5.91 Å². The Morgan fingerprint density at radius 1 is 0.788 bits per heavy atom. The van der Waals surface area contributed by atoms with Gasteiger partial charge in [0.15, 0.2) is 0 Å². The second kappa shape index (κ2) is 20.5. The minimum atomic E-state index is -1.57. The molecule has 192 valence electrons. The van der Waals surface area contributed by atoms with E-state index in [-0.39, 0.29) is 24.0 Å². The lowest BCUT2D eigenvalue weighted by atomic mass is 10.1. The van der Waals surface area contributed by atoms with E-state index in [9.17, 15) is 14.4 Å². The first kappa shape index (κ1) is 30.9. The first-order valence-corrected chi connectivity index (χ1v) is 12.7. The molecule has 0 saturated carbocycles. The molecule has 0 heterocycles. The summed E-state index contributed by atoms with van der Waals surface area (Å²) < 4.78 is 0. The van der Waals surface area contributed by atoms with Crippen molar-refractivity contribution in [1.82, 2.24) is 9.96 Å². The van der Waals surface area contributed by atoms with Gasteiger partial charge in [0.05, 0.1) is 19.2 Å². The summed E-state index contributed by atoms with van der Waals surface area (Å²) >= 11 is 0. The van der Waals surface area contributed by atoms with Crippen LogP contribution in [0.1, 0.15) is 111 Å². The third-order valence-corrected chi connectivity index (χ3v) is 5.48. The monoisotopic (exact) mass is 470 g/mol. The Balaban J connectivity index is 3.98. The molecule has 0 spiro atoms. The molecule has 33 heavy (non-hydrogen) atoms. The molecule has 0 aromatic rings. The number of imide groups is 1. The number of carbonyl (C=O) groups is 3. The molecular formula is C25H46N2O6. The molecule has 0 saturated heterocycles. The predicted octanol–water partition coefficient (Wildman–Crippen LogP) is 6.85. The van der Waals surface area contributed by atoms with Crippen molar-refractivity contribution in [1.29, 1.82) is 0 Å². The Bertz CT molecular complexity index is 553. The fraction of sp³-hybridized carbons (Fsp3) is 0.800. The summed E-state index contributed by atoms with van der Waals surface area (Å²) in [4.78, 5) is 40.2. The van der Waals surface area contributed by atoms with Gasteiger partial charge in [-0.3, -0.25) is 9.63 Å². The molecule has 0 rings (SSSR count). The van der Waals surface area contributed by atoms with E-state index in [0.29, 0.717) is 6.42 Å². The third-order valence-electron chi connectivity index (χ3n) is 5.48. The number of unbranched alkanes of at least 4 members (excludes halogenated alkanes) is 11. The largest absolute Gasteiger partial charge is 0.465 e. The molecule has 2 N–H and O–H groups in total. The van der Waals surface area contributed by atoms with E-state index in [1.54, 1.807) is 13.8 Å². The minimum absolute atomic E-state index is 0.239. The molecule has 8 heteroatoms. The third kappa shape index (κ3) is 16.2. The molecule has 0 aromatic carbocycles. The quantitative estimate of drug-likeness (QED) is 0.114. The highest BCUT2D eigenvalue weighted by atomic mass is 16.7. The van der Waals surface area contributed by atoms with Gasteiger partial charge in [-0.2, -0.15) is 0 Å². The lowest BCUT2D eigenvalue weighted by molar-refractivity contribution is -0.197. The van der Waals surface area contributed by atoms with Gasteiger partial charge in [0.1, 0.15) is 0 Å². The number of allylic oxidation sites excluding steroid dienone is 2. The number of nitrogens with zero attached hydrogens (tertiary/aromatic N) is 2. The lowest BCUT2D eigenvalue weighted by Crippen LogP contribution is -2.48. The van der Waals surface area contributed by atoms with E-state index in [0.717, 1.165) is 43.6 Å². The van der Waals surface area contributed by atoms with Gasteiger partial charge in [0, 0.05) is 6.42 Å². The summed E-state index contributed by atoms with van der Waals surface area (Å²) in [5.41, 5.74) is 0. The van der Waals surface area contributed by atoms with Crippen LogP contribution in [-0.2, 0) is 9.63 Å². The maximum absolute atomic E-state index is 12.5. The summed E-state index contributed by atoms with van der Waals surface area (Å²) in [5, 5.41) is 19.1. The Labute approximate surface area is 199 Å². The summed E-state index contributed by atoms with van der Waals surface area (Å²) in [6.45, 7) is 5.42. The second-order valence-corrected chi connectivity index (χ2v) is 8.50. The van der Waals surface area contributed by atoms with Crippen LogP contribution in [0.15, 0.2) is 12.2 Å². The zero-order valence-corrected chi connectivity index (χ0v) is 21.0. The summed E-state index contributed by atoms with van der Waals surface area (Å²) in [6, 6.07) is -0.701. The molecule has 1 atom stereocenters. The fourth-order valence-corrected chi connectivity index (χ4v) is 3.62. The predicted molar refractivity (Wildman–Crippen MR) is 130 cm³/mol. The first-order chi connectivity index (χ1) is 15.8. The van der Waals surface area contributed by atoms with E-state index in [4.69, 9.17) is 15.1 Å². The molecular weight excluding hydrogens is 424 g/mol. The molecule has 1 unspecified atom stereocenters. The van der Waals surface area contributed by atoms with Crippen molar-refractivity contribution in [2.24, 2.45) is 0 Å². The van der Waals surface area contributed by atoms with E-state index in [1.807, 2.05) is 0 Å². The molecule has 0 radical (unpaired) electrons. The number of hydrogen-bond donors (Lipinski definition) is 2. The van der Waals surface area contributed by atoms with Gasteiger partial charge >= 0.3 is 12.2 Å². The molecule has 0 fully saturated rings. The standard InChI is InChI=1S/C25H46N2O6/c1-4-6-7-8-9-10-11-12-13-14-15-16-17-18-19-20-23(28)27(33-5-2)22(3)21-26(24(29)30)25(31)32/h12-13,22H,4-11,14-21H2,1-3H3,(H,29,30)(H,31,32)/b13-12-. The summed E-state index contributed by atoms with van der Waals surface area (Å²) in [5.74, 6) is -0.252. The minimum Gasteiger partial charge on any atom is -0.465 e. The van der Waals surface area contributed by atoms with Crippen LogP contribution in [-0.4, -0.2) is 57.5 Å². The Morgan fingerprint density at radius 2 is 1.27 bits per heavy atom. The topological polar surface area (TPSA) is 107 Å². The van der Waals surface area contributed by atoms with Crippen LogP contribution in [0.25, 0.3) is 0 Å². The zero-order valence-electron chi connectivity index (χ0n) is 21.0. The molecule has 8 nitrogen and oxygen atoms in total. The molecule has 3 amide bonds. The zero-order chi connectivity index (χ0) is 24.9. The fourth-order valence-electron chi connectivity index (χ4n) is 3.62. The Kier molecular flexibility index (Phi) is 19.2. The number of hydroxylamine groups is 2. The number of hydrogen-bond acceptors (Lipinski definition) is 4. The van der Waals surface area contributed by atoms with Crippen LogP contribution >= 0.6 is 0 Å². The van der Waals surface area contributed by atoms with Gasteiger partial charge in [0.25, 0.3) is 0 Å². The number of carboxylic acid groups (broad SMARTS) is 2. The van der Waals surface area contributed by atoms with E-state index < -0.39 is 18.2 Å². The number of rotatable bonds is 20. The van der Waals surface area contributed by atoms with Gasteiger partial charge in [-0.25, -0.2) is 19.6 Å². The van der Waals surface area contributed by atoms with Gasteiger partial charge in [-0.15, -0.1) is 0 Å². The van der Waals surface area contributed by atoms with Gasteiger partial charge < -0.3 is 10.2 Å². The lowest BCUT2D eigenvalue weighted by Gasteiger charge is -2.29. The van der Waals surface area contributed by atoms with E-state index in [1.165, 1.54) is 44.9 Å². The van der Waals surface area contributed by atoms with Crippen LogP contribution < -0.4 is 0 Å². The second-order valence-electron chi connectivity index (χ2n) is 8.50. The maximum atomic E-state index is 12.5. The van der Waals surface area contributed by atoms with Crippen molar-refractivity contribution in [3.63, 3.8) is 0 Å². The smallest absolute Gasteiger partial charge is 0.416 e. The van der Waals surface area contributed by atoms with Crippen LogP contribution in [0.3, 0.4) is 0 Å². The summed E-state index contributed by atoms with van der Waals surface area (Å²) in [6.07, 6.45) is 17.0. The molecule has 0 aliphatic heterocycles. The van der Waals surface area contributed by atoms with Crippen molar-refractivity contribution in [3.05, 3.63) is 12.2 Å². The Morgan fingerprint density at radius 3 is 1.76 bits per heavy atom. The van der Waals surface area contributed by atoms with Gasteiger partial charge in [-0.05, 0) is 46.0 Å². The SMILES string of the molecule is CCCCCCCC/C=C\CCCCCCCC(=O)N(OCC)C(C)CN(C(=O)O)C(=O)O. The summed E-state index contributed by atoms with van der Waals surface area (Å²) in [7, 11) is 0. The van der Waals surface area contributed by atoms with Crippen LogP contribution in [0.2, 0.25) is 0 Å². The van der Waals surface area contributed by atoms with Crippen LogP contribution in [0, 0.1) is 0 Å². The van der Waals surface area contributed by atoms with Gasteiger partial charge in [-0.1, -0.05) is 70.4 Å². The highest BCUT2D eigenvalue weighted by Gasteiger charge is 2.28. The first-order valence-electron chi connectivity index (χ1n) is 12.7. The van der Waals surface area contributed by atoms with Crippen LogP contribution in [0.5, 0.6) is 0 Å². The average molecular weight is 471 g/mol. The van der Waals surface area contributed by atoms with Crippen molar-refractivity contribution in [2.75, 3.05) is 13.2 Å². The molecule has 0 aromatic heterocycles. The number of carbonyl (C=O) groups excluding carboxylic acids is 1. The highest BCUT2D eigenvalue weighted by molar-refractivity contribution is 5.85. The highest BCUT2D eigenvalue weighted by Crippen LogP contribution is 2.13. The normalized spacial score (nSPS) is 12.1. The molecule has 0 aliphatic rings. The Hall–Kier alpha value is -2.09.